The fraction of sp³-hybridized carbons (Fsp3) is 0.958. The first-order chi connectivity index (χ1) is 27.5. The maximum absolute atomic E-state index is 12.0. The van der Waals surface area contributed by atoms with Gasteiger partial charge in [-0.05, 0) is 39.5 Å². The van der Waals surface area contributed by atoms with Crippen molar-refractivity contribution < 1.29 is 38.0 Å². The summed E-state index contributed by atoms with van der Waals surface area (Å²) in [4.78, 5) is 24.1. The summed E-state index contributed by atoms with van der Waals surface area (Å²) in [7, 11) is 0. The van der Waals surface area contributed by atoms with Gasteiger partial charge < -0.3 is 28.4 Å². The molecule has 0 aromatic rings. The van der Waals surface area contributed by atoms with Crippen molar-refractivity contribution in [1.29, 1.82) is 0 Å². The van der Waals surface area contributed by atoms with Crippen molar-refractivity contribution in [2.75, 3.05) is 40.0 Å². The van der Waals surface area contributed by atoms with Gasteiger partial charge in [-0.2, -0.15) is 0 Å². The third kappa shape index (κ3) is 45.5. The van der Waals surface area contributed by atoms with Crippen LogP contribution in [0.4, 0.5) is 0 Å². The van der Waals surface area contributed by atoms with Gasteiger partial charge in [-0.15, -0.1) is 0 Å². The van der Waals surface area contributed by atoms with E-state index < -0.39 is 0 Å². The average Bonchev–Trinajstić information content (AvgIpc) is 3.18. The van der Waals surface area contributed by atoms with Crippen LogP contribution in [-0.2, 0) is 38.0 Å². The Morgan fingerprint density at radius 2 is 0.607 bits per heavy atom. The van der Waals surface area contributed by atoms with Crippen LogP contribution in [0.15, 0.2) is 0 Å². The fourth-order valence-electron chi connectivity index (χ4n) is 6.86. The maximum atomic E-state index is 12.0. The van der Waals surface area contributed by atoms with Crippen molar-refractivity contribution >= 4 is 11.9 Å². The molecule has 8 nitrogen and oxygen atoms in total. The smallest absolute Gasteiger partial charge is 0.307 e. The lowest BCUT2D eigenvalue weighted by Gasteiger charge is -2.14. The van der Waals surface area contributed by atoms with Gasteiger partial charge in [0.15, 0.2) is 13.6 Å². The third-order valence-electron chi connectivity index (χ3n) is 10.6. The highest BCUT2D eigenvalue weighted by molar-refractivity contribution is 5.69. The molecule has 0 N–H and O–H groups in total. The number of esters is 2. The van der Waals surface area contributed by atoms with Crippen LogP contribution in [0.3, 0.4) is 0 Å². The quantitative estimate of drug-likeness (QED) is 0.0342. The van der Waals surface area contributed by atoms with Gasteiger partial charge in [0.25, 0.3) is 0 Å². The summed E-state index contributed by atoms with van der Waals surface area (Å²) >= 11 is 0. The van der Waals surface area contributed by atoms with Gasteiger partial charge >= 0.3 is 11.9 Å². The predicted molar refractivity (Wildman–Crippen MR) is 233 cm³/mol. The molecule has 2 unspecified atom stereocenters. The maximum Gasteiger partial charge on any atom is 0.307 e. The Labute approximate surface area is 347 Å². The second-order valence-electron chi connectivity index (χ2n) is 16.5. The standard InChI is InChI=1S/C48H94O8/c1-5-7-9-11-13-15-17-19-21-23-25-27-31-35-39-51-41-45(3)53-43-55-47(49)37-33-29-30-34-38-48(50)56-44-54-46(4)42-52-40-36-32-28-26-24-22-20-18-16-14-12-10-8-6-2/h45-46H,5-44H2,1-4H3. The van der Waals surface area contributed by atoms with Gasteiger partial charge in [0, 0.05) is 26.1 Å². The summed E-state index contributed by atoms with van der Waals surface area (Å²) in [6.07, 6.45) is 41.5. The Balaban J connectivity index is 3.40. The zero-order valence-electron chi connectivity index (χ0n) is 37.7. The van der Waals surface area contributed by atoms with E-state index in [9.17, 15) is 9.59 Å². The van der Waals surface area contributed by atoms with E-state index in [-0.39, 0.29) is 37.7 Å². The molecule has 8 heteroatoms. The number of hydrogen-bond donors (Lipinski definition) is 0. The summed E-state index contributed by atoms with van der Waals surface area (Å²) in [5.41, 5.74) is 0. The highest BCUT2D eigenvalue weighted by Crippen LogP contribution is 2.15. The van der Waals surface area contributed by atoms with Gasteiger partial charge in [0.2, 0.25) is 0 Å². The first kappa shape index (κ1) is 54.8. The molecule has 0 aliphatic rings. The summed E-state index contributed by atoms with van der Waals surface area (Å²) in [6.45, 7) is 10.9. The SMILES string of the molecule is CCCCCCCCCCCCCCCCOCC(C)OCOC(=O)CCCCCCC(=O)OCOC(C)COCCCCCCCCCCCCCCCC. The van der Waals surface area contributed by atoms with Crippen molar-refractivity contribution in [2.45, 2.75) is 258 Å². The Morgan fingerprint density at radius 1 is 0.357 bits per heavy atom. The second kappa shape index (κ2) is 46.5. The number of carbonyl (C=O) groups is 2. The Morgan fingerprint density at radius 3 is 0.893 bits per heavy atom. The highest BCUT2D eigenvalue weighted by Gasteiger charge is 2.09. The first-order valence-corrected chi connectivity index (χ1v) is 24.2. The largest absolute Gasteiger partial charge is 0.438 e. The molecular weight excluding hydrogens is 705 g/mol. The van der Waals surface area contributed by atoms with Crippen LogP contribution in [0.5, 0.6) is 0 Å². The second-order valence-corrected chi connectivity index (χ2v) is 16.5. The molecule has 0 bridgehead atoms. The molecule has 0 saturated carbocycles. The van der Waals surface area contributed by atoms with E-state index in [1.54, 1.807) is 0 Å². The van der Waals surface area contributed by atoms with Crippen LogP contribution in [0.1, 0.15) is 246 Å². The van der Waals surface area contributed by atoms with Crippen LogP contribution >= 0.6 is 0 Å². The predicted octanol–water partition coefficient (Wildman–Crippen LogP) is 14.1. The lowest BCUT2D eigenvalue weighted by atomic mass is 10.0. The molecule has 0 amide bonds. The molecule has 0 aromatic carbocycles. The van der Waals surface area contributed by atoms with Crippen molar-refractivity contribution in [2.24, 2.45) is 0 Å². The third-order valence-corrected chi connectivity index (χ3v) is 10.6. The summed E-state index contributed by atoms with van der Waals surface area (Å²) in [5, 5.41) is 0. The highest BCUT2D eigenvalue weighted by atomic mass is 16.7. The topological polar surface area (TPSA) is 89.5 Å². The normalized spacial score (nSPS) is 12.6. The molecule has 0 spiro atoms. The van der Waals surface area contributed by atoms with Crippen molar-refractivity contribution in [3.63, 3.8) is 0 Å². The molecule has 0 aliphatic carbocycles. The Hall–Kier alpha value is -1.22. The number of ether oxygens (including phenoxy) is 6. The number of carbonyl (C=O) groups excluding carboxylic acids is 2. The lowest BCUT2D eigenvalue weighted by molar-refractivity contribution is -0.164. The van der Waals surface area contributed by atoms with Crippen molar-refractivity contribution in [3.05, 3.63) is 0 Å². The molecule has 2 atom stereocenters. The van der Waals surface area contributed by atoms with Gasteiger partial charge in [-0.3, -0.25) is 9.59 Å². The first-order valence-electron chi connectivity index (χ1n) is 24.2. The Bertz CT molecular complexity index is 729. The van der Waals surface area contributed by atoms with Crippen LogP contribution in [0.25, 0.3) is 0 Å². The van der Waals surface area contributed by atoms with E-state index in [1.165, 1.54) is 167 Å². The lowest BCUT2D eigenvalue weighted by Crippen LogP contribution is -2.19. The summed E-state index contributed by atoms with van der Waals surface area (Å²) < 4.78 is 33.1. The minimum Gasteiger partial charge on any atom is -0.438 e. The van der Waals surface area contributed by atoms with E-state index >= 15 is 0 Å². The van der Waals surface area contributed by atoms with Gasteiger partial charge in [-0.25, -0.2) is 0 Å². The van der Waals surface area contributed by atoms with Crippen molar-refractivity contribution in [1.82, 2.24) is 0 Å². The monoisotopic (exact) mass is 799 g/mol. The number of hydrogen-bond acceptors (Lipinski definition) is 8. The van der Waals surface area contributed by atoms with Crippen molar-refractivity contribution in [3.8, 4) is 0 Å². The van der Waals surface area contributed by atoms with E-state index in [1.807, 2.05) is 13.8 Å². The minimum atomic E-state index is -0.255. The van der Waals surface area contributed by atoms with Crippen LogP contribution < -0.4 is 0 Å². The van der Waals surface area contributed by atoms with Crippen LogP contribution in [0, 0.1) is 0 Å². The van der Waals surface area contributed by atoms with E-state index in [2.05, 4.69) is 13.8 Å². The molecule has 334 valence electrons. The zero-order chi connectivity index (χ0) is 40.8. The zero-order valence-corrected chi connectivity index (χ0v) is 37.7. The van der Waals surface area contributed by atoms with E-state index in [4.69, 9.17) is 28.4 Å². The summed E-state index contributed by atoms with van der Waals surface area (Å²) in [5.74, 6) is -0.510. The van der Waals surface area contributed by atoms with Gasteiger partial charge in [0.1, 0.15) is 0 Å². The van der Waals surface area contributed by atoms with Crippen LogP contribution in [-0.4, -0.2) is 64.2 Å². The summed E-state index contributed by atoms with van der Waals surface area (Å²) in [6, 6.07) is 0. The molecule has 0 saturated heterocycles. The molecule has 0 radical (unpaired) electrons. The molecule has 56 heavy (non-hydrogen) atoms. The van der Waals surface area contributed by atoms with Crippen LogP contribution in [0.2, 0.25) is 0 Å². The molecule has 0 aliphatic heterocycles. The minimum absolute atomic E-state index is 0.0413. The average molecular weight is 799 g/mol. The molecule has 0 heterocycles. The Kier molecular flexibility index (Phi) is 45.5. The van der Waals surface area contributed by atoms with Gasteiger partial charge in [-0.1, -0.05) is 194 Å². The number of rotatable bonds is 47. The molecule has 0 fully saturated rings. The number of unbranched alkanes of at least 4 members (excludes halogenated alkanes) is 29. The van der Waals surface area contributed by atoms with Gasteiger partial charge in [0.05, 0.1) is 25.4 Å². The molecule has 0 rings (SSSR count). The van der Waals surface area contributed by atoms with E-state index in [0.29, 0.717) is 26.1 Å². The molecule has 0 aromatic heterocycles. The fourth-order valence-corrected chi connectivity index (χ4v) is 6.86. The molecular formula is C48H94O8. The van der Waals surface area contributed by atoms with E-state index in [0.717, 1.165) is 51.7 Å².